The SMILES string of the molecule is CC.CC(C)c1cn[nH]c1C(C)C. The van der Waals surface area contributed by atoms with Crippen molar-refractivity contribution in [2.24, 2.45) is 0 Å². The summed E-state index contributed by atoms with van der Waals surface area (Å²) >= 11 is 0. The Bertz CT molecular complexity index is 201. The first-order valence-corrected chi connectivity index (χ1v) is 5.16. The van der Waals surface area contributed by atoms with E-state index in [0.29, 0.717) is 11.8 Å². The third kappa shape index (κ3) is 3.21. The van der Waals surface area contributed by atoms with Gasteiger partial charge in [-0.3, -0.25) is 5.10 Å². The largest absolute Gasteiger partial charge is 0.282 e. The van der Waals surface area contributed by atoms with Crippen molar-refractivity contribution in [3.63, 3.8) is 0 Å². The van der Waals surface area contributed by atoms with Gasteiger partial charge in [0.05, 0.1) is 6.20 Å². The summed E-state index contributed by atoms with van der Waals surface area (Å²) in [5.74, 6) is 1.13. The second-order valence-corrected chi connectivity index (χ2v) is 3.55. The first-order valence-electron chi connectivity index (χ1n) is 5.16. The van der Waals surface area contributed by atoms with E-state index in [1.807, 2.05) is 20.0 Å². The molecule has 2 heteroatoms. The van der Waals surface area contributed by atoms with Crippen LogP contribution < -0.4 is 0 Å². The molecule has 0 saturated carbocycles. The molecule has 0 aliphatic rings. The Balaban J connectivity index is 0.000000671. The molecule has 0 radical (unpaired) electrons. The molecule has 13 heavy (non-hydrogen) atoms. The Hall–Kier alpha value is -0.790. The zero-order valence-corrected chi connectivity index (χ0v) is 9.68. The van der Waals surface area contributed by atoms with Crippen LogP contribution in [0.2, 0.25) is 0 Å². The van der Waals surface area contributed by atoms with Gasteiger partial charge >= 0.3 is 0 Å². The molecule has 0 spiro atoms. The molecule has 0 bridgehead atoms. The summed E-state index contributed by atoms with van der Waals surface area (Å²) in [5, 5.41) is 7.08. The monoisotopic (exact) mass is 182 g/mol. The summed E-state index contributed by atoms with van der Waals surface area (Å²) in [5.41, 5.74) is 2.62. The summed E-state index contributed by atoms with van der Waals surface area (Å²) < 4.78 is 0. The molecule has 0 aromatic carbocycles. The summed E-state index contributed by atoms with van der Waals surface area (Å²) in [6.45, 7) is 12.7. The molecule has 1 N–H and O–H groups in total. The fourth-order valence-electron chi connectivity index (χ4n) is 1.23. The van der Waals surface area contributed by atoms with Crippen molar-refractivity contribution in [2.75, 3.05) is 0 Å². The molecule has 1 aromatic rings. The van der Waals surface area contributed by atoms with Crippen LogP contribution in [0.15, 0.2) is 6.20 Å². The summed E-state index contributed by atoms with van der Waals surface area (Å²) in [4.78, 5) is 0. The van der Waals surface area contributed by atoms with E-state index in [1.54, 1.807) is 0 Å². The molecule has 0 atom stereocenters. The van der Waals surface area contributed by atoms with Gasteiger partial charge in [-0.05, 0) is 17.4 Å². The van der Waals surface area contributed by atoms with E-state index < -0.39 is 0 Å². The minimum absolute atomic E-state index is 0.551. The lowest BCUT2D eigenvalue weighted by atomic mass is 9.98. The van der Waals surface area contributed by atoms with Crippen molar-refractivity contribution in [1.82, 2.24) is 10.2 Å². The minimum Gasteiger partial charge on any atom is -0.282 e. The lowest BCUT2D eigenvalue weighted by molar-refractivity contribution is 0.767. The van der Waals surface area contributed by atoms with E-state index in [2.05, 4.69) is 37.9 Å². The predicted molar refractivity (Wildman–Crippen MR) is 58.1 cm³/mol. The summed E-state index contributed by atoms with van der Waals surface area (Å²) in [6.07, 6.45) is 1.93. The zero-order valence-electron chi connectivity index (χ0n) is 9.68. The summed E-state index contributed by atoms with van der Waals surface area (Å²) in [6, 6.07) is 0. The van der Waals surface area contributed by atoms with Gasteiger partial charge in [0, 0.05) is 5.69 Å². The lowest BCUT2D eigenvalue weighted by Gasteiger charge is -2.07. The number of rotatable bonds is 2. The second-order valence-electron chi connectivity index (χ2n) is 3.55. The number of aromatic nitrogens is 2. The van der Waals surface area contributed by atoms with Crippen LogP contribution in [0.4, 0.5) is 0 Å². The van der Waals surface area contributed by atoms with Crippen LogP contribution >= 0.6 is 0 Å². The second kappa shape index (κ2) is 5.79. The van der Waals surface area contributed by atoms with Gasteiger partial charge in [0.2, 0.25) is 0 Å². The van der Waals surface area contributed by atoms with Gasteiger partial charge < -0.3 is 0 Å². The van der Waals surface area contributed by atoms with Crippen molar-refractivity contribution >= 4 is 0 Å². The topological polar surface area (TPSA) is 28.7 Å². The highest BCUT2D eigenvalue weighted by atomic mass is 15.1. The van der Waals surface area contributed by atoms with Crippen LogP contribution in [0.25, 0.3) is 0 Å². The van der Waals surface area contributed by atoms with Crippen LogP contribution in [0.1, 0.15) is 64.6 Å². The lowest BCUT2D eigenvalue weighted by Crippen LogP contribution is -1.95. The van der Waals surface area contributed by atoms with Crippen LogP contribution in [-0.4, -0.2) is 10.2 Å². The molecule has 0 amide bonds. The molecule has 0 fully saturated rings. The first-order chi connectivity index (χ1) is 6.13. The standard InChI is InChI=1S/C9H16N2.C2H6/c1-6(2)8-5-10-11-9(8)7(3)4;1-2/h5-7H,1-4H3,(H,10,11);1-2H3. The Morgan fingerprint density at radius 2 is 1.62 bits per heavy atom. The van der Waals surface area contributed by atoms with Gasteiger partial charge in [0.25, 0.3) is 0 Å². The van der Waals surface area contributed by atoms with Gasteiger partial charge in [-0.25, -0.2) is 0 Å². The average Bonchev–Trinajstić information content (AvgIpc) is 2.55. The van der Waals surface area contributed by atoms with Crippen LogP contribution in [0.3, 0.4) is 0 Å². The zero-order chi connectivity index (χ0) is 10.4. The maximum Gasteiger partial charge on any atom is 0.0524 e. The number of H-pyrrole nitrogens is 1. The van der Waals surface area contributed by atoms with E-state index >= 15 is 0 Å². The molecule has 0 unspecified atom stereocenters. The number of nitrogens with one attached hydrogen (secondary N) is 1. The van der Waals surface area contributed by atoms with E-state index in [-0.39, 0.29) is 0 Å². The van der Waals surface area contributed by atoms with Crippen molar-refractivity contribution in [1.29, 1.82) is 0 Å². The van der Waals surface area contributed by atoms with Crippen LogP contribution in [-0.2, 0) is 0 Å². The molecule has 0 aliphatic heterocycles. The molecule has 2 nitrogen and oxygen atoms in total. The quantitative estimate of drug-likeness (QED) is 0.742. The number of hydrogen-bond donors (Lipinski definition) is 1. The Morgan fingerprint density at radius 3 is 1.92 bits per heavy atom. The van der Waals surface area contributed by atoms with Gasteiger partial charge in [-0.2, -0.15) is 5.10 Å². The number of nitrogens with zero attached hydrogens (tertiary/aromatic N) is 1. The van der Waals surface area contributed by atoms with Gasteiger partial charge in [0.15, 0.2) is 0 Å². The Kier molecular flexibility index (Phi) is 5.44. The molecule has 1 heterocycles. The van der Waals surface area contributed by atoms with Crippen molar-refractivity contribution in [2.45, 2.75) is 53.4 Å². The molecule has 0 aliphatic carbocycles. The van der Waals surface area contributed by atoms with E-state index in [0.717, 1.165) is 0 Å². The molecule has 76 valence electrons. The van der Waals surface area contributed by atoms with Crippen molar-refractivity contribution < 1.29 is 0 Å². The van der Waals surface area contributed by atoms with Gasteiger partial charge in [-0.15, -0.1) is 0 Å². The van der Waals surface area contributed by atoms with Crippen LogP contribution in [0, 0.1) is 0 Å². The van der Waals surface area contributed by atoms with E-state index in [1.165, 1.54) is 11.3 Å². The highest BCUT2D eigenvalue weighted by Crippen LogP contribution is 2.22. The highest BCUT2D eigenvalue weighted by Gasteiger charge is 2.10. The van der Waals surface area contributed by atoms with E-state index in [4.69, 9.17) is 0 Å². The molecular formula is C11H22N2. The smallest absolute Gasteiger partial charge is 0.0524 e. The fraction of sp³-hybridized carbons (Fsp3) is 0.727. The minimum atomic E-state index is 0.551. The van der Waals surface area contributed by atoms with Crippen LogP contribution in [0.5, 0.6) is 0 Å². The highest BCUT2D eigenvalue weighted by molar-refractivity contribution is 5.22. The van der Waals surface area contributed by atoms with Gasteiger partial charge in [-0.1, -0.05) is 41.5 Å². The molecule has 0 saturated heterocycles. The first kappa shape index (κ1) is 12.2. The predicted octanol–water partition coefficient (Wildman–Crippen LogP) is 3.68. The van der Waals surface area contributed by atoms with E-state index in [9.17, 15) is 0 Å². The summed E-state index contributed by atoms with van der Waals surface area (Å²) in [7, 11) is 0. The Labute approximate surface area is 81.8 Å². The average molecular weight is 182 g/mol. The fourth-order valence-corrected chi connectivity index (χ4v) is 1.23. The maximum atomic E-state index is 4.04. The van der Waals surface area contributed by atoms with Gasteiger partial charge in [0.1, 0.15) is 0 Å². The van der Waals surface area contributed by atoms with Crippen molar-refractivity contribution in [3.8, 4) is 0 Å². The molecule has 1 aromatic heterocycles. The Morgan fingerprint density at radius 1 is 1.08 bits per heavy atom. The third-order valence-electron chi connectivity index (χ3n) is 1.90. The van der Waals surface area contributed by atoms with Crippen molar-refractivity contribution in [3.05, 3.63) is 17.5 Å². The number of hydrogen-bond acceptors (Lipinski definition) is 1. The normalized spacial score (nSPS) is 10.2. The number of aromatic amines is 1. The molecular weight excluding hydrogens is 160 g/mol. The maximum absolute atomic E-state index is 4.04. The molecule has 1 rings (SSSR count). The third-order valence-corrected chi connectivity index (χ3v) is 1.90.